The summed E-state index contributed by atoms with van der Waals surface area (Å²) in [5, 5.41) is 4.31. The lowest BCUT2D eigenvalue weighted by Crippen LogP contribution is -2.52. The molecule has 2 amide bonds. The van der Waals surface area contributed by atoms with Gasteiger partial charge in [0, 0.05) is 0 Å². The molecule has 0 heterocycles. The quantitative estimate of drug-likeness (QED) is 0.381. The first-order valence-electron chi connectivity index (χ1n) is 9.77. The zero-order chi connectivity index (χ0) is 24.5. The predicted octanol–water partition coefficient (Wildman–Crippen LogP) is 4.50. The van der Waals surface area contributed by atoms with Crippen LogP contribution in [0.5, 0.6) is 0 Å². The highest BCUT2D eigenvalue weighted by molar-refractivity contribution is 6.33. The van der Waals surface area contributed by atoms with Gasteiger partial charge in [-0.3, -0.25) is 9.59 Å². The van der Waals surface area contributed by atoms with Gasteiger partial charge in [-0.15, -0.1) is 0 Å². The predicted molar refractivity (Wildman–Crippen MR) is 113 cm³/mol. The molecule has 3 atom stereocenters. The van der Waals surface area contributed by atoms with Crippen LogP contribution in [0.15, 0.2) is 30.9 Å². The van der Waals surface area contributed by atoms with Gasteiger partial charge in [-0.05, 0) is 31.0 Å². The molecule has 0 aliphatic heterocycles. The normalized spacial score (nSPS) is 14.0. The van der Waals surface area contributed by atoms with E-state index in [0.29, 0.717) is 5.56 Å². The Morgan fingerprint density at radius 3 is 2.44 bits per heavy atom. The summed E-state index contributed by atoms with van der Waals surface area (Å²) in [6.45, 7) is 7.41. The lowest BCUT2D eigenvalue weighted by Gasteiger charge is -2.26. The molecule has 0 aliphatic rings. The average molecular weight is 479 g/mol. The maximum atomic E-state index is 13.3. The summed E-state index contributed by atoms with van der Waals surface area (Å²) in [6.07, 6.45) is -4.49. The third-order valence-electron chi connectivity index (χ3n) is 4.42. The summed E-state index contributed by atoms with van der Waals surface area (Å²) in [4.78, 5) is 36.2. The first-order chi connectivity index (χ1) is 14.9. The molecule has 0 bridgehead atoms. The molecule has 1 unspecified atom stereocenters. The van der Waals surface area contributed by atoms with E-state index in [1.54, 1.807) is 19.9 Å². The van der Waals surface area contributed by atoms with Crippen LogP contribution in [0.2, 0.25) is 5.02 Å². The molecule has 0 radical (unpaired) electrons. The molecule has 32 heavy (non-hydrogen) atoms. The molecule has 1 aromatic carbocycles. The lowest BCUT2D eigenvalue weighted by atomic mass is 9.99. The molecular formula is C21H26ClF3N2O5. The van der Waals surface area contributed by atoms with Crippen molar-refractivity contribution in [1.82, 2.24) is 5.32 Å². The van der Waals surface area contributed by atoms with Crippen molar-refractivity contribution in [3.63, 3.8) is 0 Å². The third kappa shape index (κ3) is 8.41. The van der Waals surface area contributed by atoms with E-state index in [4.69, 9.17) is 16.3 Å². The molecule has 0 saturated heterocycles. The van der Waals surface area contributed by atoms with Gasteiger partial charge >= 0.3 is 18.2 Å². The van der Waals surface area contributed by atoms with Crippen molar-refractivity contribution in [2.75, 3.05) is 18.5 Å². The van der Waals surface area contributed by atoms with E-state index in [1.165, 1.54) is 18.2 Å². The minimum atomic E-state index is -4.77. The van der Waals surface area contributed by atoms with E-state index in [2.05, 4.69) is 16.6 Å². The third-order valence-corrected chi connectivity index (χ3v) is 4.75. The number of ether oxygens (including phenoxy) is 2. The minimum Gasteiger partial charge on any atom is -0.466 e. The van der Waals surface area contributed by atoms with Gasteiger partial charge in [0.15, 0.2) is 0 Å². The molecule has 1 aromatic rings. The van der Waals surface area contributed by atoms with Crippen LogP contribution in [-0.2, 0) is 25.5 Å². The van der Waals surface area contributed by atoms with Crippen molar-refractivity contribution in [2.45, 2.75) is 39.4 Å². The molecule has 1 rings (SSSR count). The van der Waals surface area contributed by atoms with E-state index >= 15 is 0 Å². The second-order valence-corrected chi connectivity index (χ2v) is 7.41. The first-order valence-corrected chi connectivity index (χ1v) is 10.1. The number of carbonyl (C=O) groups is 3. The summed E-state index contributed by atoms with van der Waals surface area (Å²) < 4.78 is 49.4. The van der Waals surface area contributed by atoms with Crippen molar-refractivity contribution >= 4 is 35.3 Å². The molecule has 0 aromatic heterocycles. The summed E-state index contributed by atoms with van der Waals surface area (Å²) in [6, 6.07) is 2.53. The van der Waals surface area contributed by atoms with Crippen LogP contribution in [0, 0.1) is 11.8 Å². The molecular weight excluding hydrogens is 453 g/mol. The van der Waals surface area contributed by atoms with Crippen LogP contribution in [0.4, 0.5) is 23.7 Å². The first kappa shape index (κ1) is 27.3. The standard InChI is InChI=1S/C21H26ClF3N2O5/c1-5-9-32-20(30)27-17(13(4)21(23,24)25)18(28)26-16-11-14(7-8-15(16)22)10-12(3)19(29)31-6-2/h5,7-8,11-13,17H,1,6,9-10H2,2-4H3,(H,26,28)(H,27,30)/t12-,13?,17+/m1/s1. The van der Waals surface area contributed by atoms with E-state index in [0.717, 1.165) is 6.92 Å². The Hall–Kier alpha value is -2.75. The number of hydrogen-bond donors (Lipinski definition) is 2. The molecule has 0 saturated carbocycles. The summed E-state index contributed by atoms with van der Waals surface area (Å²) in [5.41, 5.74) is 0.634. The van der Waals surface area contributed by atoms with Crippen LogP contribution in [0.1, 0.15) is 26.3 Å². The van der Waals surface area contributed by atoms with E-state index < -0.39 is 42.0 Å². The highest BCUT2D eigenvalue weighted by Crippen LogP contribution is 2.30. The van der Waals surface area contributed by atoms with Crippen molar-refractivity contribution in [1.29, 1.82) is 0 Å². The smallest absolute Gasteiger partial charge is 0.408 e. The van der Waals surface area contributed by atoms with E-state index in [1.807, 2.05) is 5.32 Å². The topological polar surface area (TPSA) is 93.7 Å². The van der Waals surface area contributed by atoms with Gasteiger partial charge in [-0.25, -0.2) is 4.79 Å². The van der Waals surface area contributed by atoms with Gasteiger partial charge in [-0.2, -0.15) is 13.2 Å². The second kappa shape index (κ2) is 12.3. The van der Waals surface area contributed by atoms with Gasteiger partial charge in [0.05, 0.1) is 29.2 Å². The molecule has 178 valence electrons. The van der Waals surface area contributed by atoms with Crippen LogP contribution in [0.3, 0.4) is 0 Å². The number of nitrogens with one attached hydrogen (secondary N) is 2. The van der Waals surface area contributed by atoms with Gasteiger partial charge in [-0.1, -0.05) is 44.2 Å². The highest BCUT2D eigenvalue weighted by atomic mass is 35.5. The fourth-order valence-electron chi connectivity index (χ4n) is 2.64. The Labute approximate surface area is 189 Å². The number of halogens is 4. The summed E-state index contributed by atoms with van der Waals surface area (Å²) >= 11 is 6.09. The summed E-state index contributed by atoms with van der Waals surface area (Å²) in [5.74, 6) is -4.25. The Morgan fingerprint density at radius 2 is 1.88 bits per heavy atom. The molecule has 0 spiro atoms. The zero-order valence-electron chi connectivity index (χ0n) is 17.9. The van der Waals surface area contributed by atoms with Gasteiger partial charge < -0.3 is 20.1 Å². The maximum Gasteiger partial charge on any atom is 0.408 e. The Bertz CT molecular complexity index is 832. The Morgan fingerprint density at radius 1 is 1.22 bits per heavy atom. The number of benzene rings is 1. The van der Waals surface area contributed by atoms with Crippen molar-refractivity contribution < 1.29 is 37.0 Å². The number of hydrogen-bond acceptors (Lipinski definition) is 5. The number of anilines is 1. The molecule has 11 heteroatoms. The van der Waals surface area contributed by atoms with Crippen molar-refractivity contribution in [3.8, 4) is 0 Å². The number of esters is 1. The van der Waals surface area contributed by atoms with E-state index in [9.17, 15) is 27.6 Å². The van der Waals surface area contributed by atoms with Crippen LogP contribution in [0.25, 0.3) is 0 Å². The lowest BCUT2D eigenvalue weighted by molar-refractivity contribution is -0.178. The molecule has 7 nitrogen and oxygen atoms in total. The van der Waals surface area contributed by atoms with Crippen LogP contribution in [-0.4, -0.2) is 43.4 Å². The number of carbonyl (C=O) groups excluding carboxylic acids is 3. The molecule has 2 N–H and O–H groups in total. The molecule has 0 fully saturated rings. The number of alkyl carbamates (subject to hydrolysis) is 1. The highest BCUT2D eigenvalue weighted by Gasteiger charge is 2.45. The number of amides is 2. The van der Waals surface area contributed by atoms with Crippen molar-refractivity contribution in [3.05, 3.63) is 41.4 Å². The fraction of sp³-hybridized carbons (Fsp3) is 0.476. The monoisotopic (exact) mass is 478 g/mol. The van der Waals surface area contributed by atoms with Gasteiger partial charge in [0.2, 0.25) is 5.91 Å². The van der Waals surface area contributed by atoms with Crippen molar-refractivity contribution in [2.24, 2.45) is 11.8 Å². The van der Waals surface area contributed by atoms with E-state index in [-0.39, 0.29) is 30.3 Å². The second-order valence-electron chi connectivity index (χ2n) is 7.00. The average Bonchev–Trinajstić information content (AvgIpc) is 2.71. The zero-order valence-corrected chi connectivity index (χ0v) is 18.7. The van der Waals surface area contributed by atoms with Crippen LogP contribution < -0.4 is 10.6 Å². The fourth-order valence-corrected chi connectivity index (χ4v) is 2.80. The number of rotatable bonds is 10. The largest absolute Gasteiger partial charge is 0.466 e. The SMILES string of the molecule is C=CCOC(=O)N[C@H](C(=O)Nc1cc(C[C@@H](C)C(=O)OCC)ccc1Cl)C(C)C(F)(F)F. The molecule has 0 aliphatic carbocycles. The number of alkyl halides is 3. The van der Waals surface area contributed by atoms with Crippen LogP contribution >= 0.6 is 11.6 Å². The maximum absolute atomic E-state index is 13.3. The van der Waals surface area contributed by atoms with Gasteiger partial charge in [0.1, 0.15) is 12.6 Å². The Kier molecular flexibility index (Phi) is 10.5. The van der Waals surface area contributed by atoms with Gasteiger partial charge in [0.25, 0.3) is 0 Å². The summed E-state index contributed by atoms with van der Waals surface area (Å²) in [7, 11) is 0. The Balaban J connectivity index is 3.06. The minimum absolute atomic E-state index is 0.0332.